The van der Waals surface area contributed by atoms with Gasteiger partial charge in [-0.05, 0) is 24.3 Å². The van der Waals surface area contributed by atoms with Crippen molar-refractivity contribution >= 4 is 44.6 Å². The highest BCUT2D eigenvalue weighted by molar-refractivity contribution is 7.90. The van der Waals surface area contributed by atoms with Crippen molar-refractivity contribution in [1.82, 2.24) is 14.5 Å². The van der Waals surface area contributed by atoms with Crippen molar-refractivity contribution in [2.45, 2.75) is 5.03 Å². The fourth-order valence-corrected chi connectivity index (χ4v) is 3.26. The van der Waals surface area contributed by atoms with Crippen LogP contribution in [0.1, 0.15) is 0 Å². The van der Waals surface area contributed by atoms with Crippen LogP contribution in [0.25, 0.3) is 16.9 Å². The second-order valence-corrected chi connectivity index (χ2v) is 8.14. The maximum Gasteiger partial charge on any atom is 0.192 e. The van der Waals surface area contributed by atoms with Crippen LogP contribution in [-0.2, 0) is 9.84 Å². The molecule has 0 bridgehead atoms. The van der Waals surface area contributed by atoms with E-state index in [0.29, 0.717) is 21.4 Å². The van der Waals surface area contributed by atoms with Crippen LogP contribution in [0.3, 0.4) is 0 Å². The number of halogens is 3. The lowest BCUT2D eigenvalue weighted by molar-refractivity contribution is 0.598. The summed E-state index contributed by atoms with van der Waals surface area (Å²) in [6.45, 7) is 0. The summed E-state index contributed by atoms with van der Waals surface area (Å²) in [5.74, 6) is 0. The van der Waals surface area contributed by atoms with Crippen LogP contribution in [0.2, 0.25) is 15.2 Å². The van der Waals surface area contributed by atoms with E-state index in [1.165, 1.54) is 18.6 Å². The lowest BCUT2D eigenvalue weighted by atomic mass is 10.1. The monoisotopic (exact) mass is 401 g/mol. The number of pyridine rings is 1. The van der Waals surface area contributed by atoms with Crippen molar-refractivity contribution in [3.05, 3.63) is 58.1 Å². The van der Waals surface area contributed by atoms with Gasteiger partial charge in [-0.15, -0.1) is 0 Å². The largest absolute Gasteiger partial charge is 0.296 e. The summed E-state index contributed by atoms with van der Waals surface area (Å²) in [6, 6.07) is 8.17. The van der Waals surface area contributed by atoms with Gasteiger partial charge in [-0.25, -0.2) is 18.4 Å². The molecule has 9 heteroatoms. The Balaban J connectivity index is 2.12. The molecular formula is C15H10Cl3N3O2S. The average Bonchev–Trinajstić information content (AvgIpc) is 2.91. The molecule has 0 radical (unpaired) electrons. The summed E-state index contributed by atoms with van der Waals surface area (Å²) in [7, 11) is -3.36. The standard InChI is InChI=1S/C15H10Cl3N3O2S/c1-24(22,23)13-5-3-10(7-19-13)21-8-20-15(18)14(21)9-2-4-11(16)12(17)6-9/h2-8H,1H3. The lowest BCUT2D eigenvalue weighted by Crippen LogP contribution is -2.02. The number of aromatic nitrogens is 3. The molecule has 0 unspecified atom stereocenters. The van der Waals surface area contributed by atoms with E-state index in [9.17, 15) is 8.42 Å². The Morgan fingerprint density at radius 2 is 1.75 bits per heavy atom. The molecule has 5 nitrogen and oxygen atoms in total. The highest BCUT2D eigenvalue weighted by Gasteiger charge is 2.15. The normalized spacial score (nSPS) is 11.7. The Morgan fingerprint density at radius 3 is 2.33 bits per heavy atom. The summed E-state index contributed by atoms with van der Waals surface area (Å²) in [4.78, 5) is 8.07. The first-order valence-electron chi connectivity index (χ1n) is 6.62. The van der Waals surface area contributed by atoms with E-state index in [-0.39, 0.29) is 10.2 Å². The summed E-state index contributed by atoms with van der Waals surface area (Å²) in [5, 5.41) is 1.10. The van der Waals surface area contributed by atoms with Crippen molar-refractivity contribution in [3.8, 4) is 16.9 Å². The zero-order valence-corrected chi connectivity index (χ0v) is 15.3. The third-order valence-corrected chi connectivity index (χ3v) is 5.31. The molecule has 0 amide bonds. The Kier molecular flexibility index (Phi) is 4.57. The van der Waals surface area contributed by atoms with E-state index in [1.807, 2.05) is 0 Å². The Hall–Kier alpha value is -1.60. The summed E-state index contributed by atoms with van der Waals surface area (Å²) >= 11 is 18.2. The maximum absolute atomic E-state index is 11.5. The highest BCUT2D eigenvalue weighted by Crippen LogP contribution is 2.33. The van der Waals surface area contributed by atoms with Crippen LogP contribution in [0, 0.1) is 0 Å². The van der Waals surface area contributed by atoms with E-state index >= 15 is 0 Å². The lowest BCUT2D eigenvalue weighted by Gasteiger charge is -2.10. The molecule has 3 rings (SSSR count). The fraction of sp³-hybridized carbons (Fsp3) is 0.0667. The van der Waals surface area contributed by atoms with Crippen molar-refractivity contribution < 1.29 is 8.42 Å². The van der Waals surface area contributed by atoms with Crippen LogP contribution >= 0.6 is 34.8 Å². The molecule has 124 valence electrons. The highest BCUT2D eigenvalue weighted by atomic mass is 35.5. The second-order valence-electron chi connectivity index (χ2n) is 5.01. The van der Waals surface area contributed by atoms with Gasteiger partial charge in [0.05, 0.1) is 27.6 Å². The SMILES string of the molecule is CS(=O)(=O)c1ccc(-n2cnc(Cl)c2-c2ccc(Cl)c(Cl)c2)cn1. The maximum atomic E-state index is 11.5. The topological polar surface area (TPSA) is 64.8 Å². The molecule has 1 aromatic carbocycles. The number of benzene rings is 1. The predicted octanol–water partition coefficient (Wildman–Crippen LogP) is 4.30. The molecule has 0 saturated carbocycles. The van der Waals surface area contributed by atoms with Gasteiger partial charge in [0.25, 0.3) is 0 Å². The van der Waals surface area contributed by atoms with Crippen LogP contribution < -0.4 is 0 Å². The summed E-state index contributed by atoms with van der Waals surface area (Å²) in [6.07, 6.45) is 4.07. The van der Waals surface area contributed by atoms with Crippen molar-refractivity contribution in [2.75, 3.05) is 6.26 Å². The van der Waals surface area contributed by atoms with E-state index in [4.69, 9.17) is 34.8 Å². The third kappa shape index (κ3) is 3.28. The minimum atomic E-state index is -3.36. The summed E-state index contributed by atoms with van der Waals surface area (Å²) in [5.41, 5.74) is 1.94. The van der Waals surface area contributed by atoms with E-state index in [0.717, 1.165) is 11.8 Å². The molecule has 3 aromatic rings. The quantitative estimate of drug-likeness (QED) is 0.655. The van der Waals surface area contributed by atoms with Gasteiger partial charge in [-0.1, -0.05) is 40.9 Å². The van der Waals surface area contributed by atoms with Gasteiger partial charge in [0.1, 0.15) is 6.33 Å². The van der Waals surface area contributed by atoms with Gasteiger partial charge < -0.3 is 0 Å². The Bertz CT molecular complexity index is 1010. The van der Waals surface area contributed by atoms with Crippen molar-refractivity contribution in [2.24, 2.45) is 0 Å². The van der Waals surface area contributed by atoms with E-state index in [2.05, 4.69) is 9.97 Å². The van der Waals surface area contributed by atoms with Gasteiger partial charge >= 0.3 is 0 Å². The minimum Gasteiger partial charge on any atom is -0.296 e. The first-order chi connectivity index (χ1) is 11.3. The van der Waals surface area contributed by atoms with Gasteiger partial charge in [0.2, 0.25) is 0 Å². The van der Waals surface area contributed by atoms with Crippen molar-refractivity contribution in [1.29, 1.82) is 0 Å². The number of sulfone groups is 1. The molecule has 2 aromatic heterocycles. The summed E-state index contributed by atoms with van der Waals surface area (Å²) < 4.78 is 24.7. The number of hydrogen-bond acceptors (Lipinski definition) is 4. The smallest absolute Gasteiger partial charge is 0.192 e. The number of nitrogens with zero attached hydrogens (tertiary/aromatic N) is 3. The molecule has 0 saturated heterocycles. The molecule has 0 fully saturated rings. The first-order valence-corrected chi connectivity index (χ1v) is 9.64. The Labute approximate surface area is 153 Å². The van der Waals surface area contributed by atoms with Crippen molar-refractivity contribution in [3.63, 3.8) is 0 Å². The molecule has 24 heavy (non-hydrogen) atoms. The number of imidazole rings is 1. The van der Waals surface area contributed by atoms with Crippen LogP contribution in [-0.4, -0.2) is 29.2 Å². The molecule has 0 atom stereocenters. The van der Waals surface area contributed by atoms with Gasteiger partial charge in [-0.3, -0.25) is 4.57 Å². The van der Waals surface area contributed by atoms with Crippen LogP contribution in [0.15, 0.2) is 47.9 Å². The molecule has 0 N–H and O–H groups in total. The predicted molar refractivity (Wildman–Crippen MR) is 94.9 cm³/mol. The minimum absolute atomic E-state index is 0.00597. The second kappa shape index (κ2) is 6.37. The van der Waals surface area contributed by atoms with E-state index in [1.54, 1.807) is 28.8 Å². The van der Waals surface area contributed by atoms with Gasteiger partial charge in [0.15, 0.2) is 20.0 Å². The van der Waals surface area contributed by atoms with Crippen LogP contribution in [0.5, 0.6) is 0 Å². The fourth-order valence-electron chi connectivity index (χ4n) is 2.16. The molecule has 2 heterocycles. The molecule has 0 aliphatic rings. The van der Waals surface area contributed by atoms with Crippen LogP contribution in [0.4, 0.5) is 0 Å². The molecule has 0 aliphatic carbocycles. The zero-order valence-electron chi connectivity index (χ0n) is 12.2. The molecular weight excluding hydrogens is 393 g/mol. The van der Waals surface area contributed by atoms with Gasteiger partial charge in [-0.2, -0.15) is 0 Å². The molecule has 0 aliphatic heterocycles. The number of rotatable bonds is 3. The zero-order chi connectivity index (χ0) is 17.5. The average molecular weight is 403 g/mol. The third-order valence-electron chi connectivity index (χ3n) is 3.29. The Morgan fingerprint density at radius 1 is 1.00 bits per heavy atom. The van der Waals surface area contributed by atoms with E-state index < -0.39 is 9.84 Å². The van der Waals surface area contributed by atoms with Gasteiger partial charge in [0, 0.05) is 11.8 Å². The first kappa shape index (κ1) is 17.2. The number of hydrogen-bond donors (Lipinski definition) is 0. The molecule has 0 spiro atoms.